The van der Waals surface area contributed by atoms with Crippen LogP contribution in [0.5, 0.6) is 5.75 Å². The summed E-state index contributed by atoms with van der Waals surface area (Å²) in [4.78, 5) is 0.357. The quantitative estimate of drug-likeness (QED) is 0.905. The molecule has 0 saturated carbocycles. The number of hydrogen-bond donors (Lipinski definition) is 1. The summed E-state index contributed by atoms with van der Waals surface area (Å²) in [7, 11) is 0.0430. The number of piperidine rings is 1. The molecule has 2 rings (SSSR count). The normalized spacial score (nSPS) is 19.5. The van der Waals surface area contributed by atoms with Crippen molar-refractivity contribution in [3.05, 3.63) is 23.3 Å². The second-order valence-electron chi connectivity index (χ2n) is 5.58. The summed E-state index contributed by atoms with van der Waals surface area (Å²) in [6.45, 7) is 4.86. The van der Waals surface area contributed by atoms with Crippen molar-refractivity contribution in [3.63, 3.8) is 0 Å². The van der Waals surface area contributed by atoms with E-state index in [0.29, 0.717) is 18.0 Å². The second-order valence-corrected chi connectivity index (χ2v) is 7.52. The SMILES string of the molecule is CNC1CCCN(S(=O)(=O)c2cc(C)c(OC)c(C)c2)C1.Cl. The summed E-state index contributed by atoms with van der Waals surface area (Å²) in [6.07, 6.45) is 1.90. The summed E-state index contributed by atoms with van der Waals surface area (Å²) in [6, 6.07) is 3.63. The number of likely N-dealkylation sites (N-methyl/N-ethyl adjacent to an activating group) is 1. The van der Waals surface area contributed by atoms with Crippen LogP contribution in [0, 0.1) is 13.8 Å². The maximum absolute atomic E-state index is 12.8. The van der Waals surface area contributed by atoms with Crippen LogP contribution in [-0.4, -0.2) is 46.0 Å². The fourth-order valence-electron chi connectivity index (χ4n) is 2.93. The number of hydrogen-bond acceptors (Lipinski definition) is 4. The van der Waals surface area contributed by atoms with Crippen molar-refractivity contribution in [3.8, 4) is 5.75 Å². The minimum Gasteiger partial charge on any atom is -0.496 e. The van der Waals surface area contributed by atoms with E-state index in [2.05, 4.69) is 5.32 Å². The third-order valence-corrected chi connectivity index (χ3v) is 5.91. The molecule has 0 aromatic heterocycles. The van der Waals surface area contributed by atoms with E-state index in [0.717, 1.165) is 29.7 Å². The van der Waals surface area contributed by atoms with Crippen LogP contribution in [0.4, 0.5) is 0 Å². The first-order chi connectivity index (χ1) is 9.90. The van der Waals surface area contributed by atoms with Gasteiger partial charge in [-0.05, 0) is 57.0 Å². The first kappa shape index (κ1) is 19.2. The molecule has 1 aliphatic heterocycles. The Morgan fingerprint density at radius 2 is 1.86 bits per heavy atom. The molecule has 1 aromatic carbocycles. The van der Waals surface area contributed by atoms with Crippen molar-refractivity contribution in [2.45, 2.75) is 37.6 Å². The van der Waals surface area contributed by atoms with E-state index in [4.69, 9.17) is 4.74 Å². The lowest BCUT2D eigenvalue weighted by Crippen LogP contribution is -2.46. The zero-order valence-corrected chi connectivity index (χ0v) is 15.2. The van der Waals surface area contributed by atoms with E-state index >= 15 is 0 Å². The lowest BCUT2D eigenvalue weighted by atomic mass is 10.1. The van der Waals surface area contributed by atoms with Crippen molar-refractivity contribution in [1.29, 1.82) is 0 Å². The van der Waals surface area contributed by atoms with Gasteiger partial charge in [0.25, 0.3) is 0 Å². The van der Waals surface area contributed by atoms with Gasteiger partial charge in [0.15, 0.2) is 0 Å². The number of rotatable bonds is 4. The summed E-state index contributed by atoms with van der Waals surface area (Å²) >= 11 is 0. The monoisotopic (exact) mass is 348 g/mol. The van der Waals surface area contributed by atoms with E-state index < -0.39 is 10.0 Å². The molecule has 5 nitrogen and oxygen atoms in total. The molecule has 1 fully saturated rings. The van der Waals surface area contributed by atoms with Crippen LogP contribution in [0.25, 0.3) is 0 Å². The number of benzene rings is 1. The molecule has 1 N–H and O–H groups in total. The predicted molar refractivity (Wildman–Crippen MR) is 90.6 cm³/mol. The van der Waals surface area contributed by atoms with Crippen LogP contribution in [0.1, 0.15) is 24.0 Å². The first-order valence-electron chi connectivity index (χ1n) is 7.22. The fourth-order valence-corrected chi connectivity index (χ4v) is 4.62. The average Bonchev–Trinajstić information content (AvgIpc) is 2.47. The second kappa shape index (κ2) is 7.64. The van der Waals surface area contributed by atoms with Gasteiger partial charge in [0.1, 0.15) is 5.75 Å². The zero-order valence-electron chi connectivity index (χ0n) is 13.5. The molecule has 0 radical (unpaired) electrons. The van der Waals surface area contributed by atoms with Crippen molar-refractivity contribution in [1.82, 2.24) is 9.62 Å². The molecule has 1 saturated heterocycles. The van der Waals surface area contributed by atoms with Gasteiger partial charge in [-0.2, -0.15) is 4.31 Å². The highest BCUT2D eigenvalue weighted by molar-refractivity contribution is 7.89. The largest absolute Gasteiger partial charge is 0.496 e. The topological polar surface area (TPSA) is 58.6 Å². The van der Waals surface area contributed by atoms with Gasteiger partial charge in [-0.15, -0.1) is 12.4 Å². The van der Waals surface area contributed by atoms with Crippen LogP contribution in [0.2, 0.25) is 0 Å². The van der Waals surface area contributed by atoms with Crippen molar-refractivity contribution in [2.75, 3.05) is 27.2 Å². The Hall–Kier alpha value is -0.820. The summed E-state index contributed by atoms with van der Waals surface area (Å²) in [5, 5.41) is 3.17. The van der Waals surface area contributed by atoms with Crippen LogP contribution in [0.15, 0.2) is 17.0 Å². The molecule has 1 heterocycles. The summed E-state index contributed by atoms with van der Waals surface area (Å²) in [5.74, 6) is 0.751. The number of methoxy groups -OCH3 is 1. The van der Waals surface area contributed by atoms with Crippen LogP contribution >= 0.6 is 12.4 Å². The first-order valence-corrected chi connectivity index (χ1v) is 8.66. The van der Waals surface area contributed by atoms with Gasteiger partial charge in [-0.25, -0.2) is 8.42 Å². The Morgan fingerprint density at radius 1 is 1.27 bits per heavy atom. The molecule has 0 amide bonds. The van der Waals surface area contributed by atoms with Crippen LogP contribution in [0.3, 0.4) is 0 Å². The molecule has 1 atom stereocenters. The molecular weight excluding hydrogens is 324 g/mol. The van der Waals surface area contributed by atoms with E-state index in [1.165, 1.54) is 0 Å². The molecule has 1 aromatic rings. The highest BCUT2D eigenvalue weighted by Gasteiger charge is 2.30. The van der Waals surface area contributed by atoms with Crippen molar-refractivity contribution >= 4 is 22.4 Å². The summed E-state index contributed by atoms with van der Waals surface area (Å²) < 4.78 is 32.5. The number of halogens is 1. The number of aryl methyl sites for hydroxylation is 2. The summed E-state index contributed by atoms with van der Waals surface area (Å²) in [5.41, 5.74) is 1.69. The number of ether oxygens (including phenoxy) is 1. The van der Waals surface area contributed by atoms with Crippen molar-refractivity contribution in [2.24, 2.45) is 0 Å². The fraction of sp³-hybridized carbons (Fsp3) is 0.600. The molecule has 22 heavy (non-hydrogen) atoms. The van der Waals surface area contributed by atoms with E-state index in [-0.39, 0.29) is 18.4 Å². The average molecular weight is 349 g/mol. The third kappa shape index (κ3) is 3.74. The number of nitrogens with zero attached hydrogens (tertiary/aromatic N) is 1. The maximum Gasteiger partial charge on any atom is 0.243 e. The van der Waals surface area contributed by atoms with E-state index in [1.54, 1.807) is 23.5 Å². The maximum atomic E-state index is 12.8. The molecule has 0 spiro atoms. The van der Waals surface area contributed by atoms with Gasteiger partial charge in [0.05, 0.1) is 12.0 Å². The van der Waals surface area contributed by atoms with Gasteiger partial charge in [0.2, 0.25) is 10.0 Å². The minimum absolute atomic E-state index is 0. The predicted octanol–water partition coefficient (Wildman–Crippen LogP) is 2.11. The molecule has 7 heteroatoms. The Kier molecular flexibility index (Phi) is 6.67. The van der Waals surface area contributed by atoms with Gasteiger partial charge in [-0.1, -0.05) is 0 Å². The highest BCUT2D eigenvalue weighted by Crippen LogP contribution is 2.29. The lowest BCUT2D eigenvalue weighted by molar-refractivity contribution is 0.293. The molecule has 0 aliphatic carbocycles. The smallest absolute Gasteiger partial charge is 0.243 e. The molecule has 1 aliphatic rings. The van der Waals surface area contributed by atoms with Gasteiger partial charge in [0, 0.05) is 19.1 Å². The van der Waals surface area contributed by atoms with Crippen molar-refractivity contribution < 1.29 is 13.2 Å². The van der Waals surface area contributed by atoms with Crippen LogP contribution < -0.4 is 10.1 Å². The molecule has 1 unspecified atom stereocenters. The van der Waals surface area contributed by atoms with Gasteiger partial charge >= 0.3 is 0 Å². The lowest BCUT2D eigenvalue weighted by Gasteiger charge is -2.31. The zero-order chi connectivity index (χ0) is 15.6. The minimum atomic E-state index is -3.44. The number of nitrogens with one attached hydrogen (secondary N) is 1. The standard InChI is InChI=1S/C15H24N2O3S.ClH/c1-11-8-14(9-12(2)15(11)20-4)21(18,19)17-7-5-6-13(10-17)16-3;/h8-9,13,16H,5-7,10H2,1-4H3;1H. The Bertz CT molecular complexity index is 596. The molecule has 0 bridgehead atoms. The van der Waals surface area contributed by atoms with E-state index in [1.807, 2.05) is 20.9 Å². The van der Waals surface area contributed by atoms with Gasteiger partial charge < -0.3 is 10.1 Å². The third-order valence-electron chi connectivity index (χ3n) is 4.07. The van der Waals surface area contributed by atoms with Crippen LogP contribution in [-0.2, 0) is 10.0 Å². The Morgan fingerprint density at radius 3 is 2.36 bits per heavy atom. The molecular formula is C15H25ClN2O3S. The highest BCUT2D eigenvalue weighted by atomic mass is 35.5. The Labute approximate surface area is 139 Å². The van der Waals surface area contributed by atoms with Gasteiger partial charge in [-0.3, -0.25) is 0 Å². The Balaban J connectivity index is 0.00000242. The van der Waals surface area contributed by atoms with E-state index in [9.17, 15) is 8.42 Å². The number of sulfonamides is 1. The molecule has 126 valence electrons.